The van der Waals surface area contributed by atoms with Gasteiger partial charge in [0.2, 0.25) is 5.91 Å². The molecule has 27 heavy (non-hydrogen) atoms. The van der Waals surface area contributed by atoms with Crippen LogP contribution in [0.25, 0.3) is 11.3 Å². The molecule has 0 bridgehead atoms. The summed E-state index contributed by atoms with van der Waals surface area (Å²) in [5, 5.41) is 7.79. The van der Waals surface area contributed by atoms with Crippen LogP contribution in [0.3, 0.4) is 0 Å². The molecule has 138 valence electrons. The second-order valence-electron chi connectivity index (χ2n) is 6.13. The lowest BCUT2D eigenvalue weighted by Gasteiger charge is -2.08. The first-order valence-electron chi connectivity index (χ1n) is 8.57. The minimum absolute atomic E-state index is 0.131. The predicted molar refractivity (Wildman–Crippen MR) is 106 cm³/mol. The topological polar surface area (TPSA) is 76.9 Å². The van der Waals surface area contributed by atoms with Crippen LogP contribution < -0.4 is 10.9 Å². The number of aryl methyl sites for hydroxylation is 2. The van der Waals surface area contributed by atoms with Gasteiger partial charge in [0.05, 0.1) is 5.69 Å². The number of anilines is 1. The number of rotatable bonds is 6. The lowest BCUT2D eigenvalue weighted by Crippen LogP contribution is -2.23. The lowest BCUT2D eigenvalue weighted by molar-refractivity contribution is -0.116. The van der Waals surface area contributed by atoms with Crippen LogP contribution in [0.2, 0.25) is 5.02 Å². The molecule has 0 aliphatic rings. The Labute approximate surface area is 161 Å². The fourth-order valence-electron chi connectivity index (χ4n) is 2.57. The maximum Gasteiger partial charge on any atom is 0.266 e. The van der Waals surface area contributed by atoms with Gasteiger partial charge in [-0.2, -0.15) is 5.10 Å². The molecule has 0 aliphatic heterocycles. The molecule has 2 aromatic heterocycles. The Morgan fingerprint density at radius 1 is 1.15 bits per heavy atom. The Bertz CT molecular complexity index is 1000. The number of amides is 1. The molecule has 3 rings (SSSR count). The van der Waals surface area contributed by atoms with Crippen LogP contribution in [0.5, 0.6) is 0 Å². The largest absolute Gasteiger partial charge is 0.326 e. The van der Waals surface area contributed by atoms with E-state index in [0.717, 1.165) is 11.1 Å². The van der Waals surface area contributed by atoms with Gasteiger partial charge in [-0.25, -0.2) is 4.68 Å². The first-order valence-corrected chi connectivity index (χ1v) is 8.95. The SMILES string of the molecule is Cc1ccc(NC(=O)CCCn2nc(-c3ccncc3)ccc2=O)cc1Cl. The standard InChI is InChI=1S/C20H19ClN4O2/c1-14-4-5-16(13-17(14)21)23-19(26)3-2-12-25-20(27)7-6-18(24-25)15-8-10-22-11-9-15/h4-11,13H,2-3,12H2,1H3,(H,23,26). The van der Waals surface area contributed by atoms with E-state index in [2.05, 4.69) is 15.4 Å². The number of aromatic nitrogens is 3. The van der Waals surface area contributed by atoms with Crippen molar-refractivity contribution in [3.05, 3.63) is 75.8 Å². The normalized spacial score (nSPS) is 10.6. The first kappa shape index (κ1) is 18.8. The number of nitrogens with zero attached hydrogens (tertiary/aromatic N) is 3. The number of nitrogens with one attached hydrogen (secondary N) is 1. The maximum absolute atomic E-state index is 12.1. The Morgan fingerprint density at radius 2 is 1.93 bits per heavy atom. The van der Waals surface area contributed by atoms with Crippen LogP contribution in [0.4, 0.5) is 5.69 Å². The van der Waals surface area contributed by atoms with E-state index in [-0.39, 0.29) is 17.9 Å². The van der Waals surface area contributed by atoms with E-state index in [4.69, 9.17) is 11.6 Å². The molecule has 7 heteroatoms. The second-order valence-corrected chi connectivity index (χ2v) is 6.54. The summed E-state index contributed by atoms with van der Waals surface area (Å²) in [6, 6.07) is 12.2. The fourth-order valence-corrected chi connectivity index (χ4v) is 2.75. The van der Waals surface area contributed by atoms with Crippen LogP contribution in [0.15, 0.2) is 59.7 Å². The van der Waals surface area contributed by atoms with Gasteiger partial charge in [0.15, 0.2) is 0 Å². The molecule has 6 nitrogen and oxygen atoms in total. The van der Waals surface area contributed by atoms with Gasteiger partial charge in [-0.15, -0.1) is 0 Å². The molecule has 0 unspecified atom stereocenters. The third kappa shape index (κ3) is 5.01. The molecule has 0 saturated heterocycles. The number of carbonyl (C=O) groups is 1. The highest BCUT2D eigenvalue weighted by Crippen LogP contribution is 2.20. The van der Waals surface area contributed by atoms with E-state index < -0.39 is 0 Å². The number of halogens is 1. The zero-order valence-corrected chi connectivity index (χ0v) is 15.6. The van der Waals surface area contributed by atoms with Crippen molar-refractivity contribution in [2.75, 3.05) is 5.32 Å². The fraction of sp³-hybridized carbons (Fsp3) is 0.200. The Kier molecular flexibility index (Phi) is 5.98. The van der Waals surface area contributed by atoms with Gasteiger partial charge < -0.3 is 5.32 Å². The summed E-state index contributed by atoms with van der Waals surface area (Å²) in [5.41, 5.74) is 2.99. The molecule has 0 radical (unpaired) electrons. The molecule has 2 heterocycles. The summed E-state index contributed by atoms with van der Waals surface area (Å²) in [6.07, 6.45) is 4.12. The number of pyridine rings is 1. The zero-order chi connectivity index (χ0) is 19.2. The summed E-state index contributed by atoms with van der Waals surface area (Å²) in [4.78, 5) is 28.1. The first-order chi connectivity index (χ1) is 13.0. The van der Waals surface area contributed by atoms with Crippen molar-refractivity contribution in [3.8, 4) is 11.3 Å². The van der Waals surface area contributed by atoms with E-state index in [0.29, 0.717) is 29.4 Å². The maximum atomic E-state index is 12.1. The highest BCUT2D eigenvalue weighted by molar-refractivity contribution is 6.31. The molecular weight excluding hydrogens is 364 g/mol. The average molecular weight is 383 g/mol. The minimum atomic E-state index is -0.196. The molecule has 0 fully saturated rings. The minimum Gasteiger partial charge on any atom is -0.326 e. The van der Waals surface area contributed by atoms with Crippen molar-refractivity contribution >= 4 is 23.2 Å². The van der Waals surface area contributed by atoms with E-state index in [1.807, 2.05) is 31.2 Å². The molecule has 1 aromatic carbocycles. The third-order valence-corrected chi connectivity index (χ3v) is 4.48. The van der Waals surface area contributed by atoms with Crippen LogP contribution >= 0.6 is 11.6 Å². The predicted octanol–water partition coefficient (Wildman–Crippen LogP) is 3.69. The van der Waals surface area contributed by atoms with Crippen molar-refractivity contribution in [2.45, 2.75) is 26.3 Å². The molecule has 3 aromatic rings. The molecule has 0 aliphatic carbocycles. The second kappa shape index (κ2) is 8.60. The zero-order valence-electron chi connectivity index (χ0n) is 14.9. The molecule has 1 N–H and O–H groups in total. The molecule has 0 spiro atoms. The van der Waals surface area contributed by atoms with Crippen molar-refractivity contribution < 1.29 is 4.79 Å². The van der Waals surface area contributed by atoms with Crippen molar-refractivity contribution in [1.29, 1.82) is 0 Å². The van der Waals surface area contributed by atoms with Crippen LogP contribution in [0, 0.1) is 6.92 Å². The number of carbonyl (C=O) groups excluding carboxylic acids is 1. The highest BCUT2D eigenvalue weighted by Gasteiger charge is 2.07. The van der Waals surface area contributed by atoms with Crippen molar-refractivity contribution in [1.82, 2.24) is 14.8 Å². The average Bonchev–Trinajstić information content (AvgIpc) is 2.67. The summed E-state index contributed by atoms with van der Waals surface area (Å²) in [5.74, 6) is -0.131. The molecule has 0 saturated carbocycles. The van der Waals surface area contributed by atoms with Gasteiger partial charge in [0.25, 0.3) is 5.56 Å². The van der Waals surface area contributed by atoms with Gasteiger partial charge in [-0.3, -0.25) is 14.6 Å². The summed E-state index contributed by atoms with van der Waals surface area (Å²) >= 11 is 6.06. The van der Waals surface area contributed by atoms with E-state index >= 15 is 0 Å². The van der Waals surface area contributed by atoms with Gasteiger partial charge in [-0.1, -0.05) is 17.7 Å². The van der Waals surface area contributed by atoms with Crippen molar-refractivity contribution in [3.63, 3.8) is 0 Å². The van der Waals surface area contributed by atoms with Gasteiger partial charge in [0, 0.05) is 47.7 Å². The summed E-state index contributed by atoms with van der Waals surface area (Å²) in [7, 11) is 0. The van der Waals surface area contributed by atoms with E-state index in [1.54, 1.807) is 24.5 Å². The van der Waals surface area contributed by atoms with Gasteiger partial charge in [-0.05, 0) is 49.2 Å². The smallest absolute Gasteiger partial charge is 0.266 e. The van der Waals surface area contributed by atoms with Gasteiger partial charge >= 0.3 is 0 Å². The molecule has 1 amide bonds. The monoisotopic (exact) mass is 382 g/mol. The quantitative estimate of drug-likeness (QED) is 0.705. The lowest BCUT2D eigenvalue weighted by atomic mass is 10.2. The van der Waals surface area contributed by atoms with E-state index in [1.165, 1.54) is 10.7 Å². The summed E-state index contributed by atoms with van der Waals surface area (Å²) < 4.78 is 1.38. The Hall–Kier alpha value is -2.99. The Balaban J connectivity index is 1.59. The van der Waals surface area contributed by atoms with E-state index in [9.17, 15) is 9.59 Å². The Morgan fingerprint density at radius 3 is 2.67 bits per heavy atom. The third-order valence-electron chi connectivity index (χ3n) is 4.07. The van der Waals surface area contributed by atoms with Crippen LogP contribution in [-0.2, 0) is 11.3 Å². The number of benzene rings is 1. The highest BCUT2D eigenvalue weighted by atomic mass is 35.5. The number of hydrogen-bond donors (Lipinski definition) is 1. The summed E-state index contributed by atoms with van der Waals surface area (Å²) in [6.45, 7) is 2.26. The van der Waals surface area contributed by atoms with Crippen LogP contribution in [0.1, 0.15) is 18.4 Å². The van der Waals surface area contributed by atoms with Gasteiger partial charge in [0.1, 0.15) is 0 Å². The van der Waals surface area contributed by atoms with Crippen LogP contribution in [-0.4, -0.2) is 20.7 Å². The van der Waals surface area contributed by atoms with Crippen molar-refractivity contribution in [2.24, 2.45) is 0 Å². The molecule has 0 atom stereocenters. The molecular formula is C20H19ClN4O2. The number of hydrogen-bond acceptors (Lipinski definition) is 4.